The van der Waals surface area contributed by atoms with E-state index in [2.05, 4.69) is 46.3 Å². The van der Waals surface area contributed by atoms with Gasteiger partial charge in [0.1, 0.15) is 11.5 Å². The first-order chi connectivity index (χ1) is 19.0. The molecule has 1 saturated heterocycles. The Kier molecular flexibility index (Phi) is 10.2. The van der Waals surface area contributed by atoms with Gasteiger partial charge in [-0.1, -0.05) is 62.3 Å². The lowest BCUT2D eigenvalue weighted by Gasteiger charge is -2.19. The third-order valence-corrected chi connectivity index (χ3v) is 6.85. The molecule has 7 nitrogen and oxygen atoms in total. The number of nitrogens with zero attached hydrogens (tertiary/aromatic N) is 3. The molecule has 1 aromatic heterocycles. The summed E-state index contributed by atoms with van der Waals surface area (Å²) in [4.78, 5) is 32.9. The molecule has 0 radical (unpaired) electrons. The minimum Gasteiger partial charge on any atom is -0.383 e. The Morgan fingerprint density at radius 2 is 1.95 bits per heavy atom. The van der Waals surface area contributed by atoms with Crippen molar-refractivity contribution in [1.29, 1.82) is 0 Å². The number of hydrogen-bond donors (Lipinski definition) is 2. The van der Waals surface area contributed by atoms with Crippen molar-refractivity contribution >= 4 is 29.9 Å². The number of carbonyl (C=O) groups excluding carboxylic acids is 2. The molecule has 2 aromatic rings. The smallest absolute Gasteiger partial charge is 0.255 e. The maximum atomic E-state index is 14.0. The van der Waals surface area contributed by atoms with Gasteiger partial charge >= 0.3 is 0 Å². The molecule has 7 heteroatoms. The van der Waals surface area contributed by atoms with E-state index in [9.17, 15) is 9.59 Å². The number of aromatic nitrogens is 1. The Labute approximate surface area is 238 Å². The molecule has 1 aliphatic heterocycles. The van der Waals surface area contributed by atoms with Crippen LogP contribution in [0.15, 0.2) is 48.0 Å². The van der Waals surface area contributed by atoms with Gasteiger partial charge in [-0.25, -0.2) is 4.99 Å². The molecule has 1 fully saturated rings. The number of rotatable bonds is 8. The van der Waals surface area contributed by atoms with Crippen LogP contribution in [0.2, 0.25) is 0 Å². The van der Waals surface area contributed by atoms with Crippen LogP contribution in [0, 0.1) is 17.3 Å². The first kappa shape index (κ1) is 30.5. The van der Waals surface area contributed by atoms with Crippen LogP contribution < -0.4 is 21.6 Å². The van der Waals surface area contributed by atoms with Gasteiger partial charge < -0.3 is 20.5 Å². The Bertz CT molecular complexity index is 1450. The molecule has 2 amide bonds. The van der Waals surface area contributed by atoms with Gasteiger partial charge in [0, 0.05) is 36.1 Å². The van der Waals surface area contributed by atoms with E-state index in [1.807, 2.05) is 62.9 Å². The molecule has 1 aliphatic rings. The second-order valence-electron chi connectivity index (χ2n) is 11.2. The number of amides is 2. The van der Waals surface area contributed by atoms with Crippen molar-refractivity contribution in [2.75, 3.05) is 6.54 Å². The molecule has 0 aliphatic carbocycles. The fraction of sp³-hybridized carbons (Fsp3) is 0.424. The minimum absolute atomic E-state index is 0.00847. The quantitative estimate of drug-likeness (QED) is 0.302. The van der Waals surface area contributed by atoms with Gasteiger partial charge in [0.2, 0.25) is 5.91 Å². The third kappa shape index (κ3) is 7.12. The van der Waals surface area contributed by atoms with Crippen LogP contribution in [0.5, 0.6) is 0 Å². The fourth-order valence-electron chi connectivity index (χ4n) is 5.00. The molecule has 0 bridgehead atoms. The number of likely N-dealkylation sites (tertiary alicyclic amines) is 1. The second-order valence-corrected chi connectivity index (χ2v) is 11.2. The van der Waals surface area contributed by atoms with E-state index < -0.39 is 0 Å². The minimum atomic E-state index is -0.301. The molecule has 3 rings (SSSR count). The number of aliphatic imine (C=N–C) groups is 1. The van der Waals surface area contributed by atoms with Crippen molar-refractivity contribution in [3.05, 3.63) is 70.4 Å². The summed E-state index contributed by atoms with van der Waals surface area (Å²) in [6, 6.07) is 9.69. The van der Waals surface area contributed by atoms with Crippen molar-refractivity contribution in [2.24, 2.45) is 16.1 Å². The molecule has 2 heterocycles. The number of nitrogens with two attached hydrogens (primary N) is 1. The predicted molar refractivity (Wildman–Crippen MR) is 164 cm³/mol. The molecule has 2 atom stereocenters. The predicted octanol–water partition coefficient (Wildman–Crippen LogP) is 3.86. The molecule has 40 heavy (non-hydrogen) atoms. The van der Waals surface area contributed by atoms with Gasteiger partial charge in [0.15, 0.2) is 0 Å². The zero-order valence-electron chi connectivity index (χ0n) is 24.8. The van der Waals surface area contributed by atoms with Crippen LogP contribution in [0.1, 0.15) is 88.5 Å². The molecule has 0 spiro atoms. The van der Waals surface area contributed by atoms with Crippen molar-refractivity contribution in [3.63, 3.8) is 0 Å². The summed E-state index contributed by atoms with van der Waals surface area (Å²) in [6.07, 6.45) is 7.52. The van der Waals surface area contributed by atoms with E-state index in [0.29, 0.717) is 36.0 Å². The van der Waals surface area contributed by atoms with Gasteiger partial charge in [-0.3, -0.25) is 9.59 Å². The van der Waals surface area contributed by atoms with Crippen LogP contribution in [-0.4, -0.2) is 40.1 Å². The highest BCUT2D eigenvalue weighted by Gasteiger charge is 2.35. The lowest BCUT2D eigenvalue weighted by molar-refractivity contribution is -0.126. The second kappa shape index (κ2) is 13.3. The van der Waals surface area contributed by atoms with E-state index in [1.54, 1.807) is 13.1 Å². The van der Waals surface area contributed by atoms with E-state index in [1.165, 1.54) is 6.08 Å². The van der Waals surface area contributed by atoms with Crippen LogP contribution in [0.25, 0.3) is 11.9 Å². The van der Waals surface area contributed by atoms with E-state index in [-0.39, 0.29) is 35.1 Å². The SMILES string of the molecule is C=CC(=O)N1C[C@H](n2c(C#CC(C)(C)C)c(C(=O)NCc3ccccc3)c(=C(N)/N=C\C)/c2=C/CCC)CC1C. The summed E-state index contributed by atoms with van der Waals surface area (Å²) in [5.41, 5.74) is 8.29. The van der Waals surface area contributed by atoms with Gasteiger partial charge in [0.05, 0.1) is 16.8 Å². The zero-order chi connectivity index (χ0) is 29.4. The Balaban J connectivity index is 2.37. The summed E-state index contributed by atoms with van der Waals surface area (Å²) < 4.78 is 2.13. The molecule has 1 unspecified atom stereocenters. The number of unbranched alkanes of at least 4 members (excludes halogenated alkanes) is 1. The summed E-state index contributed by atoms with van der Waals surface area (Å²) in [7, 11) is 0. The number of nitrogens with one attached hydrogen (secondary N) is 1. The largest absolute Gasteiger partial charge is 0.383 e. The highest BCUT2D eigenvalue weighted by molar-refractivity contribution is 5.97. The van der Waals surface area contributed by atoms with Gasteiger partial charge in [0.25, 0.3) is 5.91 Å². The standard InChI is InChI=1S/C33H43N5O2/c1-8-11-17-26-29(31(34)35-10-3)30(32(40)36-21-24-15-13-12-14-16-24)27(18-19-33(5,6)7)38(26)25-20-23(4)37(22-25)28(39)9-2/h9-10,12-17,23,25H,2,8,11,20-22,34H2,1,3-7H3,(H,36,40)/b26-17-,31-29+,35-10-/t23?,25-/m1/s1. The number of benzene rings is 1. The third-order valence-electron chi connectivity index (χ3n) is 6.85. The lowest BCUT2D eigenvalue weighted by atomic mass is 9.97. The highest BCUT2D eigenvalue weighted by Crippen LogP contribution is 2.28. The van der Waals surface area contributed by atoms with Crippen LogP contribution in [0.4, 0.5) is 0 Å². The summed E-state index contributed by atoms with van der Waals surface area (Å²) in [5.74, 6) is 6.61. The summed E-state index contributed by atoms with van der Waals surface area (Å²) in [5, 5.41) is 4.49. The average molecular weight is 542 g/mol. The highest BCUT2D eigenvalue weighted by atomic mass is 16.2. The monoisotopic (exact) mass is 541 g/mol. The zero-order valence-corrected chi connectivity index (χ0v) is 24.8. The van der Waals surface area contributed by atoms with Crippen molar-refractivity contribution in [2.45, 2.75) is 79.4 Å². The molecule has 1 aromatic carbocycles. The number of carbonyl (C=O) groups is 2. The van der Waals surface area contributed by atoms with Crippen LogP contribution in [-0.2, 0) is 11.3 Å². The molecule has 212 valence electrons. The topological polar surface area (TPSA) is 92.7 Å². The van der Waals surface area contributed by atoms with Crippen LogP contribution >= 0.6 is 0 Å². The first-order valence-electron chi connectivity index (χ1n) is 14.0. The Morgan fingerprint density at radius 3 is 2.55 bits per heavy atom. The molecule has 0 saturated carbocycles. The van der Waals surface area contributed by atoms with Crippen molar-refractivity contribution in [3.8, 4) is 11.8 Å². The maximum absolute atomic E-state index is 14.0. The van der Waals surface area contributed by atoms with Crippen molar-refractivity contribution < 1.29 is 9.59 Å². The van der Waals surface area contributed by atoms with Crippen LogP contribution in [0.3, 0.4) is 0 Å². The Hall–Kier alpha value is -4.05. The molecular weight excluding hydrogens is 498 g/mol. The molecular formula is C33H43N5O2. The molecule has 3 N–H and O–H groups in total. The lowest BCUT2D eigenvalue weighted by Crippen LogP contribution is -2.38. The fourth-order valence-corrected chi connectivity index (χ4v) is 5.00. The summed E-state index contributed by atoms with van der Waals surface area (Å²) >= 11 is 0. The Morgan fingerprint density at radius 1 is 1.25 bits per heavy atom. The van der Waals surface area contributed by atoms with Crippen molar-refractivity contribution in [1.82, 2.24) is 14.8 Å². The first-order valence-corrected chi connectivity index (χ1v) is 14.0. The van der Waals surface area contributed by atoms with E-state index in [4.69, 9.17) is 5.73 Å². The van der Waals surface area contributed by atoms with Gasteiger partial charge in [-0.05, 0) is 65.0 Å². The maximum Gasteiger partial charge on any atom is 0.255 e. The van der Waals surface area contributed by atoms with Gasteiger partial charge in [-0.2, -0.15) is 0 Å². The van der Waals surface area contributed by atoms with Gasteiger partial charge in [-0.15, -0.1) is 0 Å². The van der Waals surface area contributed by atoms with E-state index >= 15 is 0 Å². The average Bonchev–Trinajstić information content (AvgIpc) is 3.46. The normalized spacial score (nSPS) is 18.4. The summed E-state index contributed by atoms with van der Waals surface area (Å²) in [6.45, 7) is 16.6. The van der Waals surface area contributed by atoms with E-state index in [0.717, 1.165) is 23.8 Å². The number of hydrogen-bond acceptors (Lipinski definition) is 4.